The molecule has 0 unspecified atom stereocenters. The standard InChI is InChI=1S/C13H20N2/c1-10-9-12(7-8-13(10)14)15(2)11-5-3-4-6-11/h7-9,11H,3-6,14H2,1-2H3. The van der Waals surface area contributed by atoms with Crippen LogP contribution in [-0.4, -0.2) is 13.1 Å². The van der Waals surface area contributed by atoms with Gasteiger partial charge in [-0.05, 0) is 43.5 Å². The minimum absolute atomic E-state index is 0.730. The first-order valence-electron chi connectivity index (χ1n) is 5.77. The van der Waals surface area contributed by atoms with Gasteiger partial charge in [0.2, 0.25) is 0 Å². The lowest BCUT2D eigenvalue weighted by Crippen LogP contribution is -2.28. The maximum atomic E-state index is 5.82. The second kappa shape index (κ2) is 4.13. The molecule has 1 fully saturated rings. The van der Waals surface area contributed by atoms with Gasteiger partial charge < -0.3 is 10.6 Å². The Hall–Kier alpha value is -1.18. The van der Waals surface area contributed by atoms with Crippen molar-refractivity contribution in [3.05, 3.63) is 23.8 Å². The zero-order chi connectivity index (χ0) is 10.8. The van der Waals surface area contributed by atoms with Gasteiger partial charge in [0.1, 0.15) is 0 Å². The van der Waals surface area contributed by atoms with Crippen molar-refractivity contribution in [1.29, 1.82) is 0 Å². The molecule has 0 bridgehead atoms. The van der Waals surface area contributed by atoms with E-state index in [9.17, 15) is 0 Å². The van der Waals surface area contributed by atoms with Crippen molar-refractivity contribution in [2.75, 3.05) is 17.7 Å². The van der Waals surface area contributed by atoms with E-state index < -0.39 is 0 Å². The van der Waals surface area contributed by atoms with Gasteiger partial charge in [0.15, 0.2) is 0 Å². The minimum Gasteiger partial charge on any atom is -0.399 e. The van der Waals surface area contributed by atoms with Crippen LogP contribution in [0.3, 0.4) is 0 Å². The van der Waals surface area contributed by atoms with Crippen molar-refractivity contribution < 1.29 is 0 Å². The number of hydrogen-bond acceptors (Lipinski definition) is 2. The van der Waals surface area contributed by atoms with E-state index in [1.54, 1.807) is 0 Å². The van der Waals surface area contributed by atoms with Crippen LogP contribution in [0.15, 0.2) is 18.2 Å². The van der Waals surface area contributed by atoms with Crippen LogP contribution in [0.25, 0.3) is 0 Å². The van der Waals surface area contributed by atoms with Crippen molar-refractivity contribution in [3.63, 3.8) is 0 Å². The summed E-state index contributed by atoms with van der Waals surface area (Å²) in [6.07, 6.45) is 5.42. The zero-order valence-electron chi connectivity index (χ0n) is 9.66. The monoisotopic (exact) mass is 204 g/mol. The summed E-state index contributed by atoms with van der Waals surface area (Å²) in [6.45, 7) is 2.07. The molecule has 0 aromatic heterocycles. The van der Waals surface area contributed by atoms with Gasteiger partial charge in [-0.1, -0.05) is 12.8 Å². The molecule has 1 saturated carbocycles. The van der Waals surface area contributed by atoms with E-state index >= 15 is 0 Å². The van der Waals surface area contributed by atoms with E-state index in [0.29, 0.717) is 0 Å². The topological polar surface area (TPSA) is 29.3 Å². The Labute approximate surface area is 92.1 Å². The number of rotatable bonds is 2. The van der Waals surface area contributed by atoms with Crippen LogP contribution >= 0.6 is 0 Å². The van der Waals surface area contributed by atoms with Gasteiger partial charge in [-0.2, -0.15) is 0 Å². The molecule has 0 saturated heterocycles. The summed E-state index contributed by atoms with van der Waals surface area (Å²) >= 11 is 0. The van der Waals surface area contributed by atoms with Crippen LogP contribution in [0.5, 0.6) is 0 Å². The van der Waals surface area contributed by atoms with Crippen LogP contribution in [0.4, 0.5) is 11.4 Å². The highest BCUT2D eigenvalue weighted by molar-refractivity contribution is 5.58. The van der Waals surface area contributed by atoms with Crippen molar-refractivity contribution >= 4 is 11.4 Å². The van der Waals surface area contributed by atoms with Gasteiger partial charge >= 0.3 is 0 Å². The van der Waals surface area contributed by atoms with Crippen LogP contribution in [-0.2, 0) is 0 Å². The lowest BCUT2D eigenvalue weighted by atomic mass is 10.1. The first kappa shape index (κ1) is 10.3. The predicted molar refractivity (Wildman–Crippen MR) is 66.3 cm³/mol. The molecular weight excluding hydrogens is 184 g/mol. The fourth-order valence-electron chi connectivity index (χ4n) is 2.38. The highest BCUT2D eigenvalue weighted by Crippen LogP contribution is 2.28. The molecule has 15 heavy (non-hydrogen) atoms. The second-order valence-electron chi connectivity index (χ2n) is 4.59. The largest absolute Gasteiger partial charge is 0.399 e. The molecule has 1 aromatic rings. The van der Waals surface area contributed by atoms with Crippen molar-refractivity contribution in [3.8, 4) is 0 Å². The number of aryl methyl sites for hydroxylation is 1. The molecule has 0 heterocycles. The molecule has 0 amide bonds. The lowest BCUT2D eigenvalue weighted by molar-refractivity contribution is 0.653. The molecular formula is C13H20N2. The number of nitrogens with zero attached hydrogens (tertiary/aromatic N) is 1. The number of anilines is 2. The molecule has 2 rings (SSSR count). The third kappa shape index (κ3) is 2.09. The quantitative estimate of drug-likeness (QED) is 0.750. The van der Waals surface area contributed by atoms with E-state index in [2.05, 4.69) is 31.0 Å². The lowest BCUT2D eigenvalue weighted by Gasteiger charge is -2.27. The Morgan fingerprint density at radius 1 is 1.27 bits per heavy atom. The predicted octanol–water partition coefficient (Wildman–Crippen LogP) is 2.96. The number of hydrogen-bond donors (Lipinski definition) is 1. The summed E-state index contributed by atoms with van der Waals surface area (Å²) in [5.41, 5.74) is 9.19. The molecule has 0 radical (unpaired) electrons. The van der Waals surface area contributed by atoms with Crippen molar-refractivity contribution in [2.24, 2.45) is 0 Å². The van der Waals surface area contributed by atoms with Gasteiger partial charge in [-0.15, -0.1) is 0 Å². The average molecular weight is 204 g/mol. The highest BCUT2D eigenvalue weighted by Gasteiger charge is 2.19. The van der Waals surface area contributed by atoms with E-state index in [-0.39, 0.29) is 0 Å². The fourth-order valence-corrected chi connectivity index (χ4v) is 2.38. The van der Waals surface area contributed by atoms with Crippen LogP contribution in [0, 0.1) is 6.92 Å². The van der Waals surface area contributed by atoms with Gasteiger partial charge in [0.05, 0.1) is 0 Å². The summed E-state index contributed by atoms with van der Waals surface area (Å²) in [7, 11) is 2.20. The highest BCUT2D eigenvalue weighted by atomic mass is 15.1. The molecule has 82 valence electrons. The summed E-state index contributed by atoms with van der Waals surface area (Å²) in [5.74, 6) is 0. The molecule has 2 N–H and O–H groups in total. The number of nitrogens with two attached hydrogens (primary N) is 1. The number of nitrogen functional groups attached to an aromatic ring is 1. The van der Waals surface area contributed by atoms with Gasteiger partial charge in [0, 0.05) is 24.5 Å². The first-order chi connectivity index (χ1) is 7.18. The summed E-state index contributed by atoms with van der Waals surface area (Å²) in [5, 5.41) is 0. The molecule has 0 atom stereocenters. The maximum absolute atomic E-state index is 5.82. The van der Waals surface area contributed by atoms with Gasteiger partial charge in [-0.3, -0.25) is 0 Å². The first-order valence-corrected chi connectivity index (χ1v) is 5.77. The zero-order valence-corrected chi connectivity index (χ0v) is 9.66. The Kier molecular flexibility index (Phi) is 2.85. The van der Waals surface area contributed by atoms with Crippen molar-refractivity contribution in [2.45, 2.75) is 38.6 Å². The SMILES string of the molecule is Cc1cc(N(C)C2CCCC2)ccc1N. The van der Waals surface area contributed by atoms with Gasteiger partial charge in [-0.25, -0.2) is 0 Å². The Bertz CT molecular complexity index is 340. The third-order valence-electron chi connectivity index (χ3n) is 3.53. The fraction of sp³-hybridized carbons (Fsp3) is 0.538. The minimum atomic E-state index is 0.730. The normalized spacial score (nSPS) is 16.9. The van der Waals surface area contributed by atoms with Crippen LogP contribution < -0.4 is 10.6 Å². The van der Waals surface area contributed by atoms with Crippen LogP contribution in [0.2, 0.25) is 0 Å². The molecule has 1 aliphatic rings. The molecule has 2 heteroatoms. The Morgan fingerprint density at radius 2 is 1.93 bits per heavy atom. The number of benzene rings is 1. The molecule has 1 aliphatic carbocycles. The smallest absolute Gasteiger partial charge is 0.0370 e. The third-order valence-corrected chi connectivity index (χ3v) is 3.53. The average Bonchev–Trinajstić information content (AvgIpc) is 2.74. The molecule has 0 spiro atoms. The molecule has 0 aliphatic heterocycles. The van der Waals surface area contributed by atoms with Crippen LogP contribution in [0.1, 0.15) is 31.2 Å². The van der Waals surface area contributed by atoms with E-state index in [4.69, 9.17) is 5.73 Å². The van der Waals surface area contributed by atoms with Gasteiger partial charge in [0.25, 0.3) is 0 Å². The van der Waals surface area contributed by atoms with E-state index in [0.717, 1.165) is 11.7 Å². The van der Waals surface area contributed by atoms with Crippen molar-refractivity contribution in [1.82, 2.24) is 0 Å². The summed E-state index contributed by atoms with van der Waals surface area (Å²) < 4.78 is 0. The molecule has 2 nitrogen and oxygen atoms in total. The van der Waals surface area contributed by atoms with E-state index in [1.807, 2.05) is 6.07 Å². The summed E-state index contributed by atoms with van der Waals surface area (Å²) in [4.78, 5) is 2.40. The second-order valence-corrected chi connectivity index (χ2v) is 4.59. The Morgan fingerprint density at radius 3 is 2.53 bits per heavy atom. The maximum Gasteiger partial charge on any atom is 0.0370 e. The van der Waals surface area contributed by atoms with E-state index in [1.165, 1.54) is 36.9 Å². The summed E-state index contributed by atoms with van der Waals surface area (Å²) in [6, 6.07) is 7.05. The Balaban J connectivity index is 2.17. The molecule has 1 aromatic carbocycles.